The summed E-state index contributed by atoms with van der Waals surface area (Å²) in [6, 6.07) is 9.46. The fourth-order valence-corrected chi connectivity index (χ4v) is 5.34. The Hall–Kier alpha value is -2.10. The summed E-state index contributed by atoms with van der Waals surface area (Å²) in [7, 11) is -0.545. The van der Waals surface area contributed by atoms with Gasteiger partial charge in [0.2, 0.25) is 5.91 Å². The molecule has 10 heteroatoms. The fraction of sp³-hybridized carbons (Fsp3) is 0.350. The van der Waals surface area contributed by atoms with Crippen molar-refractivity contribution in [3.63, 3.8) is 0 Å². The summed E-state index contributed by atoms with van der Waals surface area (Å²) in [5, 5.41) is 0. The molecule has 1 amide bonds. The van der Waals surface area contributed by atoms with Crippen molar-refractivity contribution in [2.45, 2.75) is 29.1 Å². The first-order valence-corrected chi connectivity index (χ1v) is 13.3. The molecule has 162 valence electrons. The molecule has 0 N–H and O–H groups in total. The molecule has 0 spiro atoms. The van der Waals surface area contributed by atoms with Crippen LogP contribution in [0.25, 0.3) is 0 Å². The van der Waals surface area contributed by atoms with Gasteiger partial charge in [-0.25, -0.2) is 16.8 Å². The fourth-order valence-electron chi connectivity index (χ4n) is 3.71. The third kappa shape index (κ3) is 4.63. The number of carbonyl (C=O) groups is 1. The van der Waals surface area contributed by atoms with Crippen LogP contribution in [0, 0.1) is 0 Å². The Kier molecular flexibility index (Phi) is 6.18. The van der Waals surface area contributed by atoms with Crippen LogP contribution in [-0.4, -0.2) is 54.1 Å². The second-order valence-electron chi connectivity index (χ2n) is 7.25. The zero-order chi connectivity index (χ0) is 22.3. The third-order valence-corrected chi connectivity index (χ3v) is 7.75. The Labute approximate surface area is 180 Å². The number of nitrogens with zero attached hydrogens (tertiary/aromatic N) is 1. The lowest BCUT2D eigenvalue weighted by Crippen LogP contribution is -2.33. The van der Waals surface area contributed by atoms with Crippen molar-refractivity contribution in [3.05, 3.63) is 53.1 Å². The van der Waals surface area contributed by atoms with Crippen LogP contribution < -0.4 is 4.74 Å². The lowest BCUT2D eigenvalue weighted by Gasteiger charge is -2.25. The summed E-state index contributed by atoms with van der Waals surface area (Å²) in [4.78, 5) is 13.9. The Morgan fingerprint density at radius 3 is 2.27 bits per heavy atom. The van der Waals surface area contributed by atoms with Gasteiger partial charge in [-0.3, -0.25) is 4.79 Å². The van der Waals surface area contributed by atoms with E-state index in [1.165, 1.54) is 26.2 Å². The lowest BCUT2D eigenvalue weighted by atomic mass is 9.88. The second-order valence-corrected chi connectivity index (χ2v) is 11.8. The minimum Gasteiger partial charge on any atom is -0.495 e. The summed E-state index contributed by atoms with van der Waals surface area (Å²) in [6.07, 6.45) is 1.62. The van der Waals surface area contributed by atoms with Gasteiger partial charge in [0, 0.05) is 42.9 Å². The van der Waals surface area contributed by atoms with Gasteiger partial charge >= 0.3 is 0 Å². The van der Waals surface area contributed by atoms with E-state index in [9.17, 15) is 21.6 Å². The molecular weight excluding hydrogens is 450 g/mol. The lowest BCUT2D eigenvalue weighted by molar-refractivity contribution is -0.128. The topological polar surface area (TPSA) is 97.8 Å². The molecule has 0 bridgehead atoms. The van der Waals surface area contributed by atoms with E-state index in [-0.39, 0.29) is 27.4 Å². The van der Waals surface area contributed by atoms with Gasteiger partial charge in [0.15, 0.2) is 9.84 Å². The summed E-state index contributed by atoms with van der Waals surface area (Å²) >= 11 is 0. The van der Waals surface area contributed by atoms with Crippen molar-refractivity contribution in [1.82, 2.24) is 4.90 Å². The average molecular weight is 472 g/mol. The SMILES string of the molecule is COc1cc2c(cc1S(C)(=O)=O)CCN(C(C)=O)CC2c1ccc(S(=O)(=O)Cl)cc1. The largest absolute Gasteiger partial charge is 0.495 e. The molecule has 0 radical (unpaired) electrons. The first kappa shape index (κ1) is 22.6. The van der Waals surface area contributed by atoms with E-state index < -0.39 is 18.9 Å². The van der Waals surface area contributed by atoms with E-state index in [0.717, 1.165) is 22.9 Å². The van der Waals surface area contributed by atoms with Crippen LogP contribution in [0.3, 0.4) is 0 Å². The summed E-state index contributed by atoms with van der Waals surface area (Å²) in [5.41, 5.74) is 2.42. The summed E-state index contributed by atoms with van der Waals surface area (Å²) < 4.78 is 52.9. The van der Waals surface area contributed by atoms with Crippen LogP contribution >= 0.6 is 10.7 Å². The van der Waals surface area contributed by atoms with E-state index in [1.807, 2.05) is 0 Å². The molecule has 30 heavy (non-hydrogen) atoms. The highest BCUT2D eigenvalue weighted by Crippen LogP contribution is 2.37. The van der Waals surface area contributed by atoms with Crippen molar-refractivity contribution in [1.29, 1.82) is 0 Å². The number of carbonyl (C=O) groups excluding carboxylic acids is 1. The minimum atomic E-state index is -3.85. The number of hydrogen-bond donors (Lipinski definition) is 0. The van der Waals surface area contributed by atoms with Gasteiger partial charge in [-0.1, -0.05) is 12.1 Å². The molecule has 1 unspecified atom stereocenters. The number of halogens is 1. The maximum absolute atomic E-state index is 12.2. The van der Waals surface area contributed by atoms with E-state index in [4.69, 9.17) is 15.4 Å². The zero-order valence-electron chi connectivity index (χ0n) is 16.8. The van der Waals surface area contributed by atoms with E-state index in [0.29, 0.717) is 19.5 Å². The second kappa shape index (κ2) is 8.20. The number of benzene rings is 2. The highest BCUT2D eigenvalue weighted by Gasteiger charge is 2.29. The highest BCUT2D eigenvalue weighted by atomic mass is 35.7. The molecule has 0 aliphatic carbocycles. The molecule has 2 aromatic rings. The minimum absolute atomic E-state index is 0.0183. The molecular formula is C20H22ClNO6S2. The first-order chi connectivity index (χ1) is 13.9. The number of rotatable bonds is 4. The molecule has 1 aliphatic heterocycles. The molecule has 1 heterocycles. The molecule has 0 fully saturated rings. The maximum atomic E-state index is 12.2. The van der Waals surface area contributed by atoms with Gasteiger partial charge in [-0.2, -0.15) is 0 Å². The molecule has 7 nitrogen and oxygen atoms in total. The highest BCUT2D eigenvalue weighted by molar-refractivity contribution is 8.13. The van der Waals surface area contributed by atoms with Gasteiger partial charge in [0.25, 0.3) is 9.05 Å². The van der Waals surface area contributed by atoms with Crippen LogP contribution in [0.2, 0.25) is 0 Å². The smallest absolute Gasteiger partial charge is 0.261 e. The number of fused-ring (bicyclic) bond motifs is 1. The van der Waals surface area contributed by atoms with Crippen molar-refractivity contribution < 1.29 is 26.4 Å². The van der Waals surface area contributed by atoms with Crippen molar-refractivity contribution >= 4 is 35.5 Å². The number of amides is 1. The average Bonchev–Trinajstić information content (AvgIpc) is 2.85. The normalized spacial score (nSPS) is 17.2. The number of methoxy groups -OCH3 is 1. The van der Waals surface area contributed by atoms with Crippen LogP contribution in [-0.2, 0) is 30.1 Å². The summed E-state index contributed by atoms with van der Waals surface area (Å²) in [5.74, 6) is -0.151. The Balaban J connectivity index is 2.19. The Morgan fingerprint density at radius 2 is 1.77 bits per heavy atom. The molecule has 0 aromatic heterocycles. The van der Waals surface area contributed by atoms with Gasteiger partial charge in [0.1, 0.15) is 10.6 Å². The van der Waals surface area contributed by atoms with E-state index in [2.05, 4.69) is 0 Å². The third-order valence-electron chi connectivity index (χ3n) is 5.26. The van der Waals surface area contributed by atoms with Gasteiger partial charge < -0.3 is 9.64 Å². The molecule has 0 saturated heterocycles. The Bertz CT molecular complexity index is 1190. The summed E-state index contributed by atoms with van der Waals surface area (Å²) in [6.45, 7) is 2.30. The van der Waals surface area contributed by atoms with Crippen molar-refractivity contribution in [2.24, 2.45) is 0 Å². The maximum Gasteiger partial charge on any atom is 0.261 e. The quantitative estimate of drug-likeness (QED) is 0.635. The monoisotopic (exact) mass is 471 g/mol. The van der Waals surface area contributed by atoms with E-state index in [1.54, 1.807) is 29.2 Å². The molecule has 1 atom stereocenters. The predicted octanol–water partition coefficient (Wildman–Crippen LogP) is 2.56. The molecule has 0 saturated carbocycles. The van der Waals surface area contributed by atoms with Crippen LogP contribution in [0.15, 0.2) is 46.2 Å². The van der Waals surface area contributed by atoms with Crippen LogP contribution in [0.4, 0.5) is 0 Å². The molecule has 3 rings (SSSR count). The van der Waals surface area contributed by atoms with Gasteiger partial charge in [0.05, 0.1) is 12.0 Å². The van der Waals surface area contributed by atoms with E-state index >= 15 is 0 Å². The molecule has 2 aromatic carbocycles. The first-order valence-electron chi connectivity index (χ1n) is 9.13. The van der Waals surface area contributed by atoms with Crippen molar-refractivity contribution in [3.8, 4) is 5.75 Å². The Morgan fingerprint density at radius 1 is 1.13 bits per heavy atom. The van der Waals surface area contributed by atoms with Gasteiger partial charge in [-0.05, 0) is 47.4 Å². The van der Waals surface area contributed by atoms with Gasteiger partial charge in [-0.15, -0.1) is 0 Å². The number of ether oxygens (including phenoxy) is 1. The standard InChI is InChI=1S/C20H22ClNO6S2/c1-13(23)22-9-8-15-10-20(29(3,24)25)19(28-2)11-17(15)18(12-22)14-4-6-16(7-5-14)30(21,26)27/h4-7,10-11,18H,8-9,12H2,1-3H3. The molecule has 1 aliphatic rings. The van der Waals surface area contributed by atoms with Crippen molar-refractivity contribution in [2.75, 3.05) is 26.5 Å². The van der Waals surface area contributed by atoms with Crippen LogP contribution in [0.1, 0.15) is 29.5 Å². The predicted molar refractivity (Wildman–Crippen MR) is 113 cm³/mol. The zero-order valence-corrected chi connectivity index (χ0v) is 19.1. The number of hydrogen-bond acceptors (Lipinski definition) is 6. The number of sulfone groups is 1. The van der Waals surface area contributed by atoms with Crippen LogP contribution in [0.5, 0.6) is 5.75 Å².